The van der Waals surface area contributed by atoms with Gasteiger partial charge in [0.1, 0.15) is 0 Å². The van der Waals surface area contributed by atoms with Gasteiger partial charge >= 0.3 is 0 Å². The molecule has 92 valence electrons. The first-order chi connectivity index (χ1) is 7.56. The van der Waals surface area contributed by atoms with E-state index < -0.39 is 0 Å². The summed E-state index contributed by atoms with van der Waals surface area (Å²) in [6, 6.07) is 0.346. The molecule has 1 atom stereocenters. The van der Waals surface area contributed by atoms with Crippen LogP contribution in [0.25, 0.3) is 0 Å². The van der Waals surface area contributed by atoms with E-state index in [0.29, 0.717) is 6.04 Å². The molecule has 16 heavy (non-hydrogen) atoms. The van der Waals surface area contributed by atoms with E-state index in [2.05, 4.69) is 25.9 Å². The molecule has 0 aliphatic rings. The number of hydrogen-bond donors (Lipinski definition) is 1. The van der Waals surface area contributed by atoms with Crippen LogP contribution >= 0.6 is 0 Å². The van der Waals surface area contributed by atoms with E-state index >= 15 is 0 Å². The zero-order valence-corrected chi connectivity index (χ0v) is 11.1. The second-order valence-corrected chi connectivity index (χ2v) is 4.71. The minimum absolute atomic E-state index is 0.346. The highest BCUT2D eigenvalue weighted by molar-refractivity contribution is 5.24. The highest BCUT2D eigenvalue weighted by Crippen LogP contribution is 2.15. The Bertz CT molecular complexity index is 328. The number of rotatable bonds is 6. The molecule has 0 saturated carbocycles. The minimum atomic E-state index is 0.346. The van der Waals surface area contributed by atoms with Gasteiger partial charge in [0.2, 0.25) is 0 Å². The first kappa shape index (κ1) is 13.2. The quantitative estimate of drug-likeness (QED) is 0.805. The number of aromatic nitrogens is 2. The van der Waals surface area contributed by atoms with E-state index in [1.54, 1.807) is 0 Å². The molecule has 0 aromatic carbocycles. The van der Waals surface area contributed by atoms with Crippen LogP contribution in [0.15, 0.2) is 0 Å². The fourth-order valence-corrected chi connectivity index (χ4v) is 2.12. The number of hydrogen-bond acceptors (Lipinski definition) is 2. The Morgan fingerprint density at radius 3 is 2.50 bits per heavy atom. The van der Waals surface area contributed by atoms with Crippen molar-refractivity contribution >= 4 is 0 Å². The van der Waals surface area contributed by atoms with Gasteiger partial charge < -0.3 is 5.73 Å². The molecule has 0 aliphatic heterocycles. The highest BCUT2D eigenvalue weighted by atomic mass is 15.3. The van der Waals surface area contributed by atoms with Gasteiger partial charge in [-0.05, 0) is 38.7 Å². The van der Waals surface area contributed by atoms with Crippen LogP contribution in [0.1, 0.15) is 49.6 Å². The van der Waals surface area contributed by atoms with Gasteiger partial charge in [-0.3, -0.25) is 4.68 Å². The van der Waals surface area contributed by atoms with E-state index in [-0.39, 0.29) is 0 Å². The van der Waals surface area contributed by atoms with Crippen LogP contribution in [-0.2, 0) is 13.5 Å². The van der Waals surface area contributed by atoms with Crippen LogP contribution in [0.5, 0.6) is 0 Å². The Morgan fingerprint density at radius 2 is 2.00 bits per heavy atom. The van der Waals surface area contributed by atoms with Gasteiger partial charge in [0.15, 0.2) is 0 Å². The summed E-state index contributed by atoms with van der Waals surface area (Å²) in [4.78, 5) is 0. The lowest BCUT2D eigenvalue weighted by molar-refractivity contribution is 0.540. The van der Waals surface area contributed by atoms with Crippen molar-refractivity contribution in [3.05, 3.63) is 17.0 Å². The van der Waals surface area contributed by atoms with Crippen molar-refractivity contribution in [1.82, 2.24) is 9.78 Å². The zero-order chi connectivity index (χ0) is 12.1. The Morgan fingerprint density at radius 1 is 1.31 bits per heavy atom. The molecule has 0 spiro atoms. The third-order valence-electron chi connectivity index (χ3n) is 3.35. The summed E-state index contributed by atoms with van der Waals surface area (Å²) < 4.78 is 1.96. The van der Waals surface area contributed by atoms with Crippen LogP contribution in [0.2, 0.25) is 0 Å². The Kier molecular flexibility index (Phi) is 5.00. The molecule has 3 nitrogen and oxygen atoms in total. The molecular formula is C13H25N3. The van der Waals surface area contributed by atoms with Crippen LogP contribution in [0.4, 0.5) is 0 Å². The van der Waals surface area contributed by atoms with Gasteiger partial charge in [0, 0.05) is 18.8 Å². The first-order valence-electron chi connectivity index (χ1n) is 6.30. The number of unbranched alkanes of at least 4 members (excludes halogenated alkanes) is 1. The second kappa shape index (κ2) is 6.04. The first-order valence-corrected chi connectivity index (χ1v) is 6.30. The largest absolute Gasteiger partial charge is 0.328 e. The summed E-state index contributed by atoms with van der Waals surface area (Å²) in [6.07, 6.45) is 5.77. The summed E-state index contributed by atoms with van der Waals surface area (Å²) in [5, 5.41) is 4.43. The van der Waals surface area contributed by atoms with E-state index in [9.17, 15) is 0 Å². The normalized spacial score (nSPS) is 13.1. The summed E-state index contributed by atoms with van der Waals surface area (Å²) in [5.41, 5.74) is 9.90. The van der Waals surface area contributed by atoms with Crippen LogP contribution < -0.4 is 5.73 Å². The van der Waals surface area contributed by atoms with E-state index in [4.69, 9.17) is 5.73 Å². The Hall–Kier alpha value is -0.830. The van der Waals surface area contributed by atoms with Crippen molar-refractivity contribution in [2.75, 3.05) is 0 Å². The third-order valence-corrected chi connectivity index (χ3v) is 3.35. The maximum Gasteiger partial charge on any atom is 0.0628 e. The molecule has 1 aromatic heterocycles. The summed E-state index contributed by atoms with van der Waals surface area (Å²) in [5.74, 6) is 0. The Labute approximate surface area is 99.0 Å². The highest BCUT2D eigenvalue weighted by Gasteiger charge is 2.10. The van der Waals surface area contributed by atoms with Crippen LogP contribution in [-0.4, -0.2) is 15.8 Å². The number of aryl methyl sites for hydroxylation is 2. The molecule has 0 fully saturated rings. The summed E-state index contributed by atoms with van der Waals surface area (Å²) >= 11 is 0. The van der Waals surface area contributed by atoms with Crippen LogP contribution in [0.3, 0.4) is 0 Å². The molecule has 1 aromatic rings. The maximum atomic E-state index is 6.09. The molecule has 0 bridgehead atoms. The third kappa shape index (κ3) is 3.34. The van der Waals surface area contributed by atoms with Crippen molar-refractivity contribution in [1.29, 1.82) is 0 Å². The number of nitrogens with zero attached hydrogens (tertiary/aromatic N) is 2. The summed E-state index contributed by atoms with van der Waals surface area (Å²) in [6.45, 7) is 6.43. The van der Waals surface area contributed by atoms with Gasteiger partial charge in [-0.15, -0.1) is 0 Å². The predicted octanol–water partition coefficient (Wildman–Crippen LogP) is 2.49. The molecule has 1 rings (SSSR count). The molecule has 0 radical (unpaired) electrons. The van der Waals surface area contributed by atoms with Crippen molar-refractivity contribution < 1.29 is 0 Å². The molecule has 0 amide bonds. The second-order valence-electron chi connectivity index (χ2n) is 4.71. The van der Waals surface area contributed by atoms with Gasteiger partial charge in [-0.2, -0.15) is 5.10 Å². The average Bonchev–Trinajstić information content (AvgIpc) is 2.48. The SMILES string of the molecule is CCCCC(N)CCc1c(C)nn(C)c1C. The maximum absolute atomic E-state index is 6.09. The van der Waals surface area contributed by atoms with Crippen molar-refractivity contribution in [2.45, 2.75) is 58.9 Å². The monoisotopic (exact) mass is 223 g/mol. The zero-order valence-electron chi connectivity index (χ0n) is 11.1. The van der Waals surface area contributed by atoms with Crippen molar-refractivity contribution in [2.24, 2.45) is 12.8 Å². The smallest absolute Gasteiger partial charge is 0.0628 e. The molecule has 0 saturated heterocycles. The van der Waals surface area contributed by atoms with Gasteiger partial charge in [-0.1, -0.05) is 19.8 Å². The van der Waals surface area contributed by atoms with Crippen molar-refractivity contribution in [3.63, 3.8) is 0 Å². The van der Waals surface area contributed by atoms with Gasteiger partial charge in [0.05, 0.1) is 5.69 Å². The lowest BCUT2D eigenvalue weighted by atomic mass is 10.0. The molecule has 3 heteroatoms. The summed E-state index contributed by atoms with van der Waals surface area (Å²) in [7, 11) is 2.00. The Balaban J connectivity index is 2.48. The lowest BCUT2D eigenvalue weighted by Gasteiger charge is -2.10. The standard InChI is InChI=1S/C13H25N3/c1-5-6-7-12(14)8-9-13-10(2)15-16(4)11(13)3/h12H,5-9,14H2,1-4H3. The van der Waals surface area contributed by atoms with E-state index in [1.165, 1.54) is 24.1 Å². The fourth-order valence-electron chi connectivity index (χ4n) is 2.12. The average molecular weight is 223 g/mol. The van der Waals surface area contributed by atoms with Crippen molar-refractivity contribution in [3.8, 4) is 0 Å². The van der Waals surface area contributed by atoms with E-state index in [0.717, 1.165) is 25.0 Å². The van der Waals surface area contributed by atoms with Gasteiger partial charge in [0.25, 0.3) is 0 Å². The molecule has 2 N–H and O–H groups in total. The topological polar surface area (TPSA) is 43.8 Å². The minimum Gasteiger partial charge on any atom is -0.328 e. The fraction of sp³-hybridized carbons (Fsp3) is 0.769. The lowest BCUT2D eigenvalue weighted by Crippen LogP contribution is -2.20. The van der Waals surface area contributed by atoms with E-state index in [1.807, 2.05) is 11.7 Å². The predicted molar refractivity (Wildman–Crippen MR) is 68.5 cm³/mol. The molecule has 1 heterocycles. The number of nitrogens with two attached hydrogens (primary N) is 1. The molecular weight excluding hydrogens is 198 g/mol. The van der Waals surface area contributed by atoms with Crippen LogP contribution in [0, 0.1) is 13.8 Å². The van der Waals surface area contributed by atoms with Gasteiger partial charge in [-0.25, -0.2) is 0 Å². The molecule has 0 aliphatic carbocycles. The molecule has 1 unspecified atom stereocenters.